The molecule has 0 spiro atoms. The highest BCUT2D eigenvalue weighted by atomic mass is 35.5. The van der Waals surface area contributed by atoms with E-state index in [1.165, 1.54) is 16.8 Å². The largest absolute Gasteiger partial charge is 0.393 e. The Hall–Kier alpha value is -1.80. The second-order valence-electron chi connectivity index (χ2n) is 4.43. The van der Waals surface area contributed by atoms with Gasteiger partial charge >= 0.3 is 5.69 Å². The molecule has 0 amide bonds. The number of aliphatic hydroxyl groups excluding tert-OH is 1. The van der Waals surface area contributed by atoms with Gasteiger partial charge in [-0.25, -0.2) is 4.79 Å². The second kappa shape index (κ2) is 5.68. The predicted octanol–water partition coefficient (Wildman–Crippen LogP) is 0.393. The lowest BCUT2D eigenvalue weighted by Gasteiger charge is -2.28. The summed E-state index contributed by atoms with van der Waals surface area (Å²) in [6.07, 6.45) is 0.921. The van der Waals surface area contributed by atoms with Crippen molar-refractivity contribution in [1.82, 2.24) is 9.55 Å². The predicted molar refractivity (Wildman–Crippen MR) is 71.1 cm³/mol. The Labute approximate surface area is 118 Å². The van der Waals surface area contributed by atoms with Crippen molar-refractivity contribution in [2.75, 3.05) is 18.2 Å². The molecule has 3 N–H and O–H groups in total. The molecule has 1 aromatic rings. The average Bonchev–Trinajstić information content (AvgIpc) is 2.78. The van der Waals surface area contributed by atoms with Gasteiger partial charge in [0.2, 0.25) is 0 Å². The molecule has 0 saturated carbocycles. The van der Waals surface area contributed by atoms with Crippen LogP contribution in [0, 0.1) is 0 Å². The van der Waals surface area contributed by atoms with E-state index in [4.69, 9.17) is 27.6 Å². The zero-order valence-corrected chi connectivity index (χ0v) is 11.1. The number of aromatic nitrogens is 2. The van der Waals surface area contributed by atoms with Crippen molar-refractivity contribution in [3.63, 3.8) is 0 Å². The highest BCUT2D eigenvalue weighted by Gasteiger charge is 2.48. The molecule has 3 atom stereocenters. The van der Waals surface area contributed by atoms with E-state index >= 15 is 0 Å². The summed E-state index contributed by atoms with van der Waals surface area (Å²) in [4.78, 5) is 18.1. The van der Waals surface area contributed by atoms with E-state index in [-0.39, 0.29) is 18.1 Å². The first-order valence-electron chi connectivity index (χ1n) is 5.80. The Kier molecular flexibility index (Phi) is 4.15. The minimum Gasteiger partial charge on any atom is -0.393 e. The Bertz CT molecular complexity index is 595. The summed E-state index contributed by atoms with van der Waals surface area (Å²) in [6, 6.07) is 0.775. The molecule has 2 heterocycles. The summed E-state index contributed by atoms with van der Waals surface area (Å²) >= 11 is 5.82. The lowest BCUT2D eigenvalue weighted by atomic mass is 9.98. The van der Waals surface area contributed by atoms with Gasteiger partial charge in [-0.2, -0.15) is 4.98 Å². The number of nitrogens with zero attached hydrogens (tertiary/aromatic N) is 5. The van der Waals surface area contributed by atoms with Crippen molar-refractivity contribution >= 4 is 17.4 Å². The van der Waals surface area contributed by atoms with Crippen LogP contribution >= 0.6 is 11.6 Å². The highest BCUT2D eigenvalue weighted by molar-refractivity contribution is 6.18. The van der Waals surface area contributed by atoms with Crippen LogP contribution in [0.4, 0.5) is 5.82 Å². The molecule has 0 radical (unpaired) electrons. The molecule has 10 heteroatoms. The number of aliphatic hydroxyl groups is 1. The molecule has 1 aliphatic rings. The topological polar surface area (TPSA) is 139 Å². The number of halogens is 1. The van der Waals surface area contributed by atoms with Crippen molar-refractivity contribution in [3.05, 3.63) is 33.2 Å². The van der Waals surface area contributed by atoms with Crippen LogP contribution in [0.2, 0.25) is 0 Å². The molecule has 9 nitrogen and oxygen atoms in total. The number of rotatable bonds is 4. The summed E-state index contributed by atoms with van der Waals surface area (Å²) in [5.41, 5.74) is 12.2. The van der Waals surface area contributed by atoms with Crippen molar-refractivity contribution in [3.8, 4) is 0 Å². The summed E-state index contributed by atoms with van der Waals surface area (Å²) in [5.74, 6) is 0.0301. The molecule has 0 aromatic carbocycles. The van der Waals surface area contributed by atoms with E-state index in [0.717, 1.165) is 0 Å². The second-order valence-corrected chi connectivity index (χ2v) is 4.69. The molecular weight excluding hydrogens is 288 g/mol. The Morgan fingerprint density at radius 3 is 3.10 bits per heavy atom. The SMILES string of the molecule is [N-]=[N+]=N[C@H]1C[C@H](n2ccc(N)nc2=O)O[C@@]1(CO)CCl. The fraction of sp³-hybridized carbons (Fsp3) is 0.600. The van der Waals surface area contributed by atoms with E-state index in [2.05, 4.69) is 15.0 Å². The first-order valence-corrected chi connectivity index (χ1v) is 6.33. The van der Waals surface area contributed by atoms with Gasteiger partial charge in [0.15, 0.2) is 0 Å². The van der Waals surface area contributed by atoms with Gasteiger partial charge in [-0.15, -0.1) is 11.6 Å². The maximum atomic E-state index is 11.8. The van der Waals surface area contributed by atoms with Crippen LogP contribution in [0.25, 0.3) is 10.4 Å². The van der Waals surface area contributed by atoms with Gasteiger partial charge in [0.1, 0.15) is 17.6 Å². The quantitative estimate of drug-likeness (QED) is 0.358. The molecule has 0 bridgehead atoms. The lowest BCUT2D eigenvalue weighted by molar-refractivity contribution is -0.0898. The molecule has 108 valence electrons. The summed E-state index contributed by atoms with van der Waals surface area (Å²) in [6.45, 7) is -0.423. The smallest absolute Gasteiger partial charge is 0.351 e. The molecule has 1 saturated heterocycles. The number of nitrogens with two attached hydrogens (primary N) is 1. The average molecular weight is 301 g/mol. The minimum atomic E-state index is -1.21. The first-order chi connectivity index (χ1) is 9.56. The van der Waals surface area contributed by atoms with Gasteiger partial charge in [0.05, 0.1) is 18.5 Å². The third-order valence-electron chi connectivity index (χ3n) is 3.25. The number of hydrogen-bond acceptors (Lipinski definition) is 6. The zero-order valence-electron chi connectivity index (χ0n) is 10.4. The third-order valence-corrected chi connectivity index (χ3v) is 3.70. The van der Waals surface area contributed by atoms with Crippen LogP contribution in [0.3, 0.4) is 0 Å². The maximum absolute atomic E-state index is 11.8. The molecule has 1 aromatic heterocycles. The van der Waals surface area contributed by atoms with Crippen molar-refractivity contribution in [2.45, 2.75) is 24.3 Å². The van der Waals surface area contributed by atoms with Gasteiger partial charge in [-0.05, 0) is 11.6 Å². The molecule has 1 aliphatic heterocycles. The number of alkyl halides is 1. The standard InChI is InChI=1S/C10H13ClN6O3/c11-4-10(5-18)6(15-16-13)3-8(20-10)17-2-1-7(12)14-9(17)19/h1-2,6,8,18H,3-5H2,(H2,12,14,19)/t6-,8+,10+/m0/s1. The van der Waals surface area contributed by atoms with E-state index in [1.54, 1.807) is 0 Å². The molecule has 2 rings (SSSR count). The first kappa shape index (κ1) is 14.6. The van der Waals surface area contributed by atoms with Gasteiger partial charge < -0.3 is 15.6 Å². The summed E-state index contributed by atoms with van der Waals surface area (Å²) in [7, 11) is 0. The molecular formula is C10H13ClN6O3. The number of nitrogen functional groups attached to an aromatic ring is 1. The maximum Gasteiger partial charge on any atom is 0.351 e. The lowest BCUT2D eigenvalue weighted by Crippen LogP contribution is -2.44. The van der Waals surface area contributed by atoms with Crippen LogP contribution in [0.5, 0.6) is 0 Å². The van der Waals surface area contributed by atoms with E-state index in [0.29, 0.717) is 0 Å². The van der Waals surface area contributed by atoms with Gasteiger partial charge in [-0.3, -0.25) is 4.57 Å². The fourth-order valence-electron chi connectivity index (χ4n) is 2.14. The highest BCUT2D eigenvalue weighted by Crippen LogP contribution is 2.38. The fourth-order valence-corrected chi connectivity index (χ4v) is 2.46. The zero-order chi connectivity index (χ0) is 14.8. The Balaban J connectivity index is 2.37. The summed E-state index contributed by atoms with van der Waals surface area (Å²) in [5, 5.41) is 13.1. The van der Waals surface area contributed by atoms with Crippen LogP contribution in [0.1, 0.15) is 12.6 Å². The van der Waals surface area contributed by atoms with Crippen molar-refractivity contribution < 1.29 is 9.84 Å². The molecule has 20 heavy (non-hydrogen) atoms. The molecule has 0 aliphatic carbocycles. The van der Waals surface area contributed by atoms with Crippen molar-refractivity contribution in [1.29, 1.82) is 0 Å². The third kappa shape index (κ3) is 2.44. The molecule has 0 unspecified atom stereocenters. The van der Waals surface area contributed by atoms with Gasteiger partial charge in [0, 0.05) is 17.5 Å². The van der Waals surface area contributed by atoms with Gasteiger partial charge in [0.25, 0.3) is 0 Å². The van der Waals surface area contributed by atoms with E-state index in [1.807, 2.05) is 0 Å². The normalized spacial score (nSPS) is 29.1. The Morgan fingerprint density at radius 2 is 2.55 bits per heavy atom. The number of ether oxygens (including phenoxy) is 1. The van der Waals surface area contributed by atoms with Crippen molar-refractivity contribution in [2.24, 2.45) is 5.11 Å². The number of anilines is 1. The Morgan fingerprint density at radius 1 is 1.80 bits per heavy atom. The number of azide groups is 1. The number of hydrogen-bond donors (Lipinski definition) is 2. The monoisotopic (exact) mass is 300 g/mol. The van der Waals surface area contributed by atoms with Crippen LogP contribution in [-0.4, -0.2) is 38.8 Å². The van der Waals surface area contributed by atoms with E-state index in [9.17, 15) is 9.90 Å². The van der Waals surface area contributed by atoms with Crippen LogP contribution in [0.15, 0.2) is 22.2 Å². The summed E-state index contributed by atoms with van der Waals surface area (Å²) < 4.78 is 6.88. The van der Waals surface area contributed by atoms with Gasteiger partial charge in [-0.1, -0.05) is 5.11 Å². The minimum absolute atomic E-state index is 0.0686. The van der Waals surface area contributed by atoms with Crippen LogP contribution < -0.4 is 11.4 Å². The van der Waals surface area contributed by atoms with E-state index < -0.39 is 30.2 Å². The molecule has 1 fully saturated rings. The van der Waals surface area contributed by atoms with Crippen LogP contribution in [-0.2, 0) is 4.74 Å².